The van der Waals surface area contributed by atoms with Crippen LogP contribution >= 0.6 is 11.3 Å². The molecule has 1 aromatic heterocycles. The molecule has 116 valence electrons. The van der Waals surface area contributed by atoms with Gasteiger partial charge < -0.3 is 9.80 Å². The Hall–Kier alpha value is -2.02. The molecule has 0 N–H and O–H groups in total. The van der Waals surface area contributed by atoms with Crippen LogP contribution in [-0.4, -0.2) is 37.0 Å². The van der Waals surface area contributed by atoms with E-state index >= 15 is 0 Å². The van der Waals surface area contributed by atoms with Crippen LogP contribution in [0.15, 0.2) is 29.6 Å². The Kier molecular flexibility index (Phi) is 4.06. The predicted octanol–water partition coefficient (Wildman–Crippen LogP) is 3.13. The number of carbonyl (C=O) groups excluding carboxylic acids is 1. The van der Waals surface area contributed by atoms with Crippen LogP contribution in [0, 0.1) is 17.5 Å². The average molecular weight is 326 g/mol. The van der Waals surface area contributed by atoms with Crippen LogP contribution < -0.4 is 4.90 Å². The minimum absolute atomic E-state index is 0.0297. The van der Waals surface area contributed by atoms with Crippen molar-refractivity contribution in [3.8, 4) is 0 Å². The summed E-state index contributed by atoms with van der Waals surface area (Å²) in [5, 5.41) is 1.83. The van der Waals surface area contributed by atoms with E-state index in [1.54, 1.807) is 15.9 Å². The topological polar surface area (TPSA) is 23.6 Å². The lowest BCUT2D eigenvalue weighted by atomic mass is 10.2. The maximum absolute atomic E-state index is 13.8. The van der Waals surface area contributed by atoms with Crippen molar-refractivity contribution in [1.82, 2.24) is 4.90 Å². The van der Waals surface area contributed by atoms with Crippen molar-refractivity contribution >= 4 is 22.9 Å². The van der Waals surface area contributed by atoms with E-state index in [1.165, 1.54) is 17.4 Å². The smallest absolute Gasteiger partial charge is 0.264 e. The molecule has 1 fully saturated rings. The van der Waals surface area contributed by atoms with E-state index in [9.17, 15) is 18.0 Å². The molecule has 0 atom stereocenters. The molecule has 3 rings (SSSR count). The Morgan fingerprint density at radius 2 is 1.73 bits per heavy atom. The lowest BCUT2D eigenvalue weighted by Crippen LogP contribution is -2.49. The molecular weight excluding hydrogens is 313 g/mol. The Balaban J connectivity index is 1.70. The van der Waals surface area contributed by atoms with Crippen LogP contribution in [0.2, 0.25) is 0 Å². The van der Waals surface area contributed by atoms with Crippen molar-refractivity contribution in [2.24, 2.45) is 0 Å². The Morgan fingerprint density at radius 1 is 1.00 bits per heavy atom. The molecule has 1 amide bonds. The summed E-state index contributed by atoms with van der Waals surface area (Å²) in [4.78, 5) is 16.2. The summed E-state index contributed by atoms with van der Waals surface area (Å²) < 4.78 is 40.1. The van der Waals surface area contributed by atoms with Gasteiger partial charge in [0.05, 0.1) is 10.6 Å². The third-order valence-electron chi connectivity index (χ3n) is 3.65. The van der Waals surface area contributed by atoms with Crippen LogP contribution in [0.1, 0.15) is 9.67 Å². The molecular formula is C15H13F3N2OS. The molecule has 2 aromatic rings. The fraction of sp³-hybridized carbons (Fsp3) is 0.267. The average Bonchev–Trinajstić information content (AvgIpc) is 3.07. The number of thiophene rings is 1. The van der Waals surface area contributed by atoms with E-state index in [1.807, 2.05) is 11.4 Å². The van der Waals surface area contributed by atoms with E-state index in [0.717, 1.165) is 6.07 Å². The van der Waals surface area contributed by atoms with Gasteiger partial charge in [-0.15, -0.1) is 11.3 Å². The molecule has 7 heteroatoms. The molecule has 0 spiro atoms. The maximum Gasteiger partial charge on any atom is 0.264 e. The van der Waals surface area contributed by atoms with Gasteiger partial charge in [-0.25, -0.2) is 13.2 Å². The number of hydrogen-bond acceptors (Lipinski definition) is 3. The number of halogens is 3. The van der Waals surface area contributed by atoms with Gasteiger partial charge in [-0.1, -0.05) is 6.07 Å². The first-order valence-corrected chi connectivity index (χ1v) is 7.67. The molecule has 22 heavy (non-hydrogen) atoms. The fourth-order valence-corrected chi connectivity index (χ4v) is 3.16. The first kappa shape index (κ1) is 14.9. The molecule has 1 aliphatic heterocycles. The van der Waals surface area contributed by atoms with Crippen molar-refractivity contribution < 1.29 is 18.0 Å². The van der Waals surface area contributed by atoms with Crippen molar-refractivity contribution in [2.45, 2.75) is 0 Å². The molecule has 1 aromatic carbocycles. The van der Waals surface area contributed by atoms with Crippen LogP contribution in [0.4, 0.5) is 18.9 Å². The van der Waals surface area contributed by atoms with Gasteiger partial charge in [-0.3, -0.25) is 4.79 Å². The minimum Gasteiger partial charge on any atom is -0.366 e. The number of hydrogen-bond donors (Lipinski definition) is 0. The van der Waals surface area contributed by atoms with E-state index in [0.29, 0.717) is 31.1 Å². The van der Waals surface area contributed by atoms with Crippen LogP contribution in [-0.2, 0) is 0 Å². The first-order valence-electron chi connectivity index (χ1n) is 6.79. The normalized spacial score (nSPS) is 15.2. The van der Waals surface area contributed by atoms with Crippen LogP contribution in [0.5, 0.6) is 0 Å². The molecule has 0 aliphatic carbocycles. The maximum atomic E-state index is 13.8. The summed E-state index contributed by atoms with van der Waals surface area (Å²) in [7, 11) is 0. The van der Waals surface area contributed by atoms with Gasteiger partial charge in [0.25, 0.3) is 5.91 Å². The van der Waals surface area contributed by atoms with Crippen molar-refractivity contribution in [3.05, 3.63) is 52.0 Å². The van der Waals surface area contributed by atoms with Crippen LogP contribution in [0.3, 0.4) is 0 Å². The highest BCUT2D eigenvalue weighted by Gasteiger charge is 2.25. The lowest BCUT2D eigenvalue weighted by Gasteiger charge is -2.36. The summed E-state index contributed by atoms with van der Waals surface area (Å²) in [5.74, 6) is -3.90. The fourth-order valence-electron chi connectivity index (χ4n) is 2.47. The molecule has 0 unspecified atom stereocenters. The van der Waals surface area contributed by atoms with E-state index < -0.39 is 17.5 Å². The number of nitrogens with zero attached hydrogens (tertiary/aromatic N) is 2. The summed E-state index contributed by atoms with van der Waals surface area (Å²) in [6, 6.07) is 5.71. The first-order chi connectivity index (χ1) is 10.6. The standard InChI is InChI=1S/C15H13F3N2OS/c16-10-3-4-11(14(18)13(10)17)19-5-7-20(8-6-19)15(21)12-2-1-9-22-12/h1-4,9H,5-8H2. The van der Waals surface area contributed by atoms with Gasteiger partial charge in [0.1, 0.15) is 0 Å². The lowest BCUT2D eigenvalue weighted by molar-refractivity contribution is 0.0751. The van der Waals surface area contributed by atoms with Crippen molar-refractivity contribution in [2.75, 3.05) is 31.1 Å². The molecule has 0 radical (unpaired) electrons. The second-order valence-electron chi connectivity index (χ2n) is 4.95. The number of anilines is 1. The zero-order valence-electron chi connectivity index (χ0n) is 11.6. The molecule has 3 nitrogen and oxygen atoms in total. The van der Waals surface area contributed by atoms with Crippen LogP contribution in [0.25, 0.3) is 0 Å². The number of benzene rings is 1. The quantitative estimate of drug-likeness (QED) is 0.792. The largest absolute Gasteiger partial charge is 0.366 e. The Labute approximate surface area is 129 Å². The summed E-state index contributed by atoms with van der Waals surface area (Å²) in [5.41, 5.74) is 0.0297. The highest BCUT2D eigenvalue weighted by atomic mass is 32.1. The summed E-state index contributed by atoms with van der Waals surface area (Å²) >= 11 is 1.37. The van der Waals surface area contributed by atoms with Crippen molar-refractivity contribution in [3.63, 3.8) is 0 Å². The van der Waals surface area contributed by atoms with E-state index in [-0.39, 0.29) is 11.6 Å². The second kappa shape index (κ2) is 6.00. The van der Waals surface area contributed by atoms with Gasteiger partial charge >= 0.3 is 0 Å². The molecule has 2 heterocycles. The van der Waals surface area contributed by atoms with E-state index in [4.69, 9.17) is 0 Å². The second-order valence-corrected chi connectivity index (χ2v) is 5.90. The SMILES string of the molecule is O=C(c1cccs1)N1CCN(c2ccc(F)c(F)c2F)CC1. The van der Waals surface area contributed by atoms with Gasteiger partial charge in [-0.2, -0.15) is 0 Å². The van der Waals surface area contributed by atoms with Crippen molar-refractivity contribution in [1.29, 1.82) is 0 Å². The molecule has 1 saturated heterocycles. The third-order valence-corrected chi connectivity index (χ3v) is 4.51. The molecule has 0 bridgehead atoms. The highest BCUT2D eigenvalue weighted by Crippen LogP contribution is 2.25. The number of amides is 1. The number of carbonyl (C=O) groups is 1. The number of piperazine rings is 1. The minimum atomic E-state index is -1.46. The summed E-state index contributed by atoms with van der Waals surface area (Å²) in [6.45, 7) is 1.57. The van der Waals surface area contributed by atoms with E-state index in [2.05, 4.69) is 0 Å². The molecule has 1 aliphatic rings. The van der Waals surface area contributed by atoms with Gasteiger partial charge in [0, 0.05) is 26.2 Å². The zero-order chi connectivity index (χ0) is 15.7. The monoisotopic (exact) mass is 326 g/mol. The zero-order valence-corrected chi connectivity index (χ0v) is 12.4. The predicted molar refractivity (Wildman–Crippen MR) is 78.8 cm³/mol. The highest BCUT2D eigenvalue weighted by molar-refractivity contribution is 7.12. The number of rotatable bonds is 2. The molecule has 0 saturated carbocycles. The summed E-state index contributed by atoms with van der Waals surface area (Å²) in [6.07, 6.45) is 0. The van der Waals surface area contributed by atoms with Gasteiger partial charge in [0.2, 0.25) is 0 Å². The van der Waals surface area contributed by atoms with Gasteiger partial charge in [0.15, 0.2) is 17.5 Å². The Bertz CT molecular complexity index is 682. The van der Waals surface area contributed by atoms with Gasteiger partial charge in [-0.05, 0) is 23.6 Å². The third kappa shape index (κ3) is 2.68. The Morgan fingerprint density at radius 3 is 2.36 bits per heavy atom.